The van der Waals surface area contributed by atoms with Gasteiger partial charge in [-0.3, -0.25) is 9.69 Å². The molecule has 1 aromatic carbocycles. The molecule has 3 nitrogen and oxygen atoms in total. The molecule has 2 aliphatic rings. The van der Waals surface area contributed by atoms with Gasteiger partial charge in [0, 0.05) is 18.6 Å². The molecule has 0 radical (unpaired) electrons. The molecule has 21 heavy (non-hydrogen) atoms. The van der Waals surface area contributed by atoms with Gasteiger partial charge in [0.1, 0.15) is 0 Å². The van der Waals surface area contributed by atoms with Gasteiger partial charge >= 0.3 is 0 Å². The second kappa shape index (κ2) is 6.84. The van der Waals surface area contributed by atoms with E-state index in [1.165, 1.54) is 31.4 Å². The predicted molar refractivity (Wildman–Crippen MR) is 88.7 cm³/mol. The highest BCUT2D eigenvalue weighted by Crippen LogP contribution is 2.27. The summed E-state index contributed by atoms with van der Waals surface area (Å²) in [5.74, 6) is 0.0830. The predicted octanol–water partition coefficient (Wildman–Crippen LogP) is 2.27. The third kappa shape index (κ3) is 3.61. The topological polar surface area (TPSA) is 32.3 Å². The Morgan fingerprint density at radius 3 is 2.86 bits per heavy atom. The average Bonchev–Trinajstić information content (AvgIpc) is 2.91. The number of thiol groups is 1. The van der Waals surface area contributed by atoms with E-state index >= 15 is 0 Å². The first-order valence-corrected chi connectivity index (χ1v) is 8.52. The summed E-state index contributed by atoms with van der Waals surface area (Å²) in [4.78, 5) is 14.9. The molecular weight excluding hydrogens is 280 g/mol. The van der Waals surface area contributed by atoms with Crippen LogP contribution in [-0.4, -0.2) is 41.2 Å². The lowest BCUT2D eigenvalue weighted by molar-refractivity contribution is -0.121. The number of nitrogens with one attached hydrogen (secondary N) is 1. The molecule has 3 atom stereocenters. The molecule has 1 amide bonds. The number of amides is 1. The quantitative estimate of drug-likeness (QED) is 0.837. The summed E-state index contributed by atoms with van der Waals surface area (Å²) in [6.45, 7) is 2.33. The van der Waals surface area contributed by atoms with Gasteiger partial charge in [-0.25, -0.2) is 0 Å². The number of rotatable bonds is 4. The molecule has 114 valence electrons. The Kier molecular flexibility index (Phi) is 4.86. The maximum Gasteiger partial charge on any atom is 0.233 e. The summed E-state index contributed by atoms with van der Waals surface area (Å²) in [5, 5.41) is 2.98. The van der Waals surface area contributed by atoms with Crippen molar-refractivity contribution in [2.24, 2.45) is 0 Å². The minimum Gasteiger partial charge on any atom is -0.351 e. The van der Waals surface area contributed by atoms with E-state index in [1.807, 2.05) is 18.2 Å². The highest BCUT2D eigenvalue weighted by Gasteiger charge is 2.36. The molecule has 4 heteroatoms. The highest BCUT2D eigenvalue weighted by molar-refractivity contribution is 7.81. The van der Waals surface area contributed by atoms with E-state index in [4.69, 9.17) is 0 Å². The van der Waals surface area contributed by atoms with Crippen molar-refractivity contribution in [1.82, 2.24) is 10.2 Å². The normalized spacial score (nSPS) is 27.1. The molecule has 0 bridgehead atoms. The van der Waals surface area contributed by atoms with Crippen LogP contribution in [0.15, 0.2) is 30.3 Å². The number of carbonyl (C=O) groups is 1. The minimum absolute atomic E-state index is 0.0830. The van der Waals surface area contributed by atoms with Crippen molar-refractivity contribution in [1.29, 1.82) is 0 Å². The number of fused-ring (bicyclic) bond motifs is 1. The van der Waals surface area contributed by atoms with Gasteiger partial charge in [-0.1, -0.05) is 36.8 Å². The Labute approximate surface area is 132 Å². The van der Waals surface area contributed by atoms with E-state index in [-0.39, 0.29) is 11.2 Å². The molecule has 2 heterocycles. The van der Waals surface area contributed by atoms with Crippen LogP contribution in [0.5, 0.6) is 0 Å². The van der Waals surface area contributed by atoms with Crippen molar-refractivity contribution in [3.8, 4) is 0 Å². The van der Waals surface area contributed by atoms with E-state index in [0.29, 0.717) is 18.5 Å². The Morgan fingerprint density at radius 1 is 1.24 bits per heavy atom. The van der Waals surface area contributed by atoms with Crippen molar-refractivity contribution >= 4 is 18.5 Å². The van der Waals surface area contributed by atoms with Crippen LogP contribution in [0.3, 0.4) is 0 Å². The summed E-state index contributed by atoms with van der Waals surface area (Å²) in [6, 6.07) is 11.0. The number of benzene rings is 1. The van der Waals surface area contributed by atoms with Crippen LogP contribution in [0.1, 0.15) is 31.2 Å². The zero-order valence-electron chi connectivity index (χ0n) is 12.4. The van der Waals surface area contributed by atoms with Crippen molar-refractivity contribution < 1.29 is 4.79 Å². The van der Waals surface area contributed by atoms with Crippen LogP contribution in [0.2, 0.25) is 0 Å². The van der Waals surface area contributed by atoms with Gasteiger partial charge < -0.3 is 5.32 Å². The van der Waals surface area contributed by atoms with Crippen molar-refractivity contribution in [3.05, 3.63) is 35.9 Å². The van der Waals surface area contributed by atoms with Crippen molar-refractivity contribution in [2.45, 2.75) is 49.4 Å². The lowest BCUT2D eigenvalue weighted by atomic mass is 9.99. The Bertz CT molecular complexity index is 479. The first kappa shape index (κ1) is 14.9. The molecule has 2 aliphatic heterocycles. The molecule has 1 aromatic rings. The largest absolute Gasteiger partial charge is 0.351 e. The summed E-state index contributed by atoms with van der Waals surface area (Å²) in [5.41, 5.74) is 1.17. The van der Waals surface area contributed by atoms with Crippen LogP contribution >= 0.6 is 12.6 Å². The summed E-state index contributed by atoms with van der Waals surface area (Å²) < 4.78 is 0. The molecule has 0 spiro atoms. The Morgan fingerprint density at radius 2 is 2.05 bits per heavy atom. The number of nitrogens with zero attached hydrogens (tertiary/aromatic N) is 1. The zero-order valence-corrected chi connectivity index (χ0v) is 13.3. The Hall–Kier alpha value is -1.00. The third-order valence-corrected chi connectivity index (χ3v) is 5.18. The van der Waals surface area contributed by atoms with Gasteiger partial charge in [0.25, 0.3) is 0 Å². The lowest BCUT2D eigenvalue weighted by Crippen LogP contribution is -2.48. The molecule has 3 rings (SSSR count). The number of piperidine rings is 1. The molecule has 2 fully saturated rings. The average molecular weight is 304 g/mol. The van der Waals surface area contributed by atoms with Gasteiger partial charge in [0.05, 0.1) is 5.25 Å². The maximum atomic E-state index is 12.4. The van der Waals surface area contributed by atoms with Gasteiger partial charge in [-0.2, -0.15) is 12.6 Å². The van der Waals surface area contributed by atoms with E-state index in [9.17, 15) is 4.79 Å². The fraction of sp³-hybridized carbons (Fsp3) is 0.588. The van der Waals surface area contributed by atoms with Gasteiger partial charge in [0.15, 0.2) is 0 Å². The van der Waals surface area contributed by atoms with Crippen LogP contribution < -0.4 is 5.32 Å². The highest BCUT2D eigenvalue weighted by atomic mass is 32.1. The summed E-state index contributed by atoms with van der Waals surface area (Å²) in [7, 11) is 0. The first-order valence-electron chi connectivity index (χ1n) is 8.00. The molecule has 1 N–H and O–H groups in total. The van der Waals surface area contributed by atoms with Crippen LogP contribution in [-0.2, 0) is 11.2 Å². The summed E-state index contributed by atoms with van der Waals surface area (Å²) in [6.07, 6.45) is 5.60. The Balaban J connectivity index is 1.53. The number of hydrogen-bond acceptors (Lipinski definition) is 3. The van der Waals surface area contributed by atoms with Gasteiger partial charge in [-0.05, 0) is 37.8 Å². The lowest BCUT2D eigenvalue weighted by Gasteiger charge is -2.32. The minimum atomic E-state index is -0.259. The van der Waals surface area contributed by atoms with E-state index in [0.717, 1.165) is 13.0 Å². The molecule has 0 aromatic heterocycles. The van der Waals surface area contributed by atoms with Gasteiger partial charge in [-0.15, -0.1) is 0 Å². The van der Waals surface area contributed by atoms with E-state index in [1.54, 1.807) is 0 Å². The molecule has 0 aliphatic carbocycles. The first-order chi connectivity index (χ1) is 10.2. The molecular formula is C17H24N2OS. The number of hydrogen-bond donors (Lipinski definition) is 2. The van der Waals surface area contributed by atoms with Crippen molar-refractivity contribution in [2.75, 3.05) is 13.1 Å². The van der Waals surface area contributed by atoms with Gasteiger partial charge in [0.2, 0.25) is 5.91 Å². The second-order valence-corrected chi connectivity index (χ2v) is 6.83. The monoisotopic (exact) mass is 304 g/mol. The van der Waals surface area contributed by atoms with Crippen LogP contribution in [0.25, 0.3) is 0 Å². The van der Waals surface area contributed by atoms with E-state index < -0.39 is 0 Å². The molecule has 0 saturated carbocycles. The second-order valence-electron chi connectivity index (χ2n) is 6.21. The molecule has 2 saturated heterocycles. The van der Waals surface area contributed by atoms with Crippen LogP contribution in [0, 0.1) is 0 Å². The van der Waals surface area contributed by atoms with E-state index in [2.05, 4.69) is 35.0 Å². The summed E-state index contributed by atoms with van der Waals surface area (Å²) >= 11 is 4.50. The SMILES string of the molecule is O=C(NC1CCN2CCCCC12)C(S)Cc1ccccc1. The fourth-order valence-corrected chi connectivity index (χ4v) is 3.91. The van der Waals surface area contributed by atoms with Crippen LogP contribution in [0.4, 0.5) is 0 Å². The maximum absolute atomic E-state index is 12.4. The zero-order chi connectivity index (χ0) is 14.7. The fourth-order valence-electron chi connectivity index (χ4n) is 3.62. The standard InChI is InChI=1S/C17H24N2OS/c20-17(16(21)12-13-6-2-1-3-7-13)18-14-9-11-19-10-5-4-8-15(14)19/h1-3,6-7,14-16,21H,4-5,8-12H2,(H,18,20). The third-order valence-electron chi connectivity index (χ3n) is 4.76. The molecule has 3 unspecified atom stereocenters. The van der Waals surface area contributed by atoms with Crippen molar-refractivity contribution in [3.63, 3.8) is 0 Å². The number of carbonyl (C=O) groups excluding carboxylic acids is 1. The smallest absolute Gasteiger partial charge is 0.233 e.